The molecular formula is C29H35F3N6O9. The summed E-state index contributed by atoms with van der Waals surface area (Å²) in [5, 5.41) is 26.3. The van der Waals surface area contributed by atoms with Crippen molar-refractivity contribution in [2.45, 2.75) is 49.9 Å². The van der Waals surface area contributed by atoms with Gasteiger partial charge in [-0.25, -0.2) is 24.0 Å². The number of amides is 6. The highest BCUT2D eigenvalue weighted by atomic mass is 19.4. The molecule has 0 saturated heterocycles. The van der Waals surface area contributed by atoms with E-state index in [9.17, 15) is 42.3 Å². The number of alkyl carbamates (subject to hydrolysis) is 1. The van der Waals surface area contributed by atoms with Gasteiger partial charge in [0.05, 0.1) is 0 Å². The molecule has 10 N–H and O–H groups in total. The van der Waals surface area contributed by atoms with Crippen molar-refractivity contribution in [2.24, 2.45) is 11.5 Å². The van der Waals surface area contributed by atoms with Crippen LogP contribution in [0.25, 0.3) is 11.1 Å². The molecule has 0 heterocycles. The zero-order chi connectivity index (χ0) is 35.1. The Morgan fingerprint density at radius 3 is 1.64 bits per heavy atom. The van der Waals surface area contributed by atoms with Crippen molar-refractivity contribution in [3.63, 3.8) is 0 Å². The van der Waals surface area contributed by atoms with Gasteiger partial charge in [0.1, 0.15) is 18.7 Å². The van der Waals surface area contributed by atoms with Gasteiger partial charge in [-0.1, -0.05) is 48.5 Å². The molecular weight excluding hydrogens is 633 g/mol. The summed E-state index contributed by atoms with van der Waals surface area (Å²) in [5.74, 6) is -4.95. The van der Waals surface area contributed by atoms with Crippen molar-refractivity contribution in [2.75, 3.05) is 19.7 Å². The molecule has 1 aliphatic rings. The molecule has 15 nitrogen and oxygen atoms in total. The van der Waals surface area contributed by atoms with E-state index in [1.165, 1.54) is 0 Å². The second kappa shape index (κ2) is 17.8. The van der Waals surface area contributed by atoms with Gasteiger partial charge in [0.15, 0.2) is 0 Å². The van der Waals surface area contributed by atoms with Crippen molar-refractivity contribution in [3.05, 3.63) is 59.7 Å². The molecule has 0 aromatic heterocycles. The van der Waals surface area contributed by atoms with E-state index in [-0.39, 0.29) is 51.3 Å². The third kappa shape index (κ3) is 12.4. The summed E-state index contributed by atoms with van der Waals surface area (Å²) in [6.07, 6.45) is -5.32. The molecule has 18 heteroatoms. The van der Waals surface area contributed by atoms with Crippen LogP contribution in [0.5, 0.6) is 0 Å². The highest BCUT2D eigenvalue weighted by molar-refractivity contribution is 5.89. The third-order valence-corrected chi connectivity index (χ3v) is 6.75. The average Bonchev–Trinajstić information content (AvgIpc) is 3.32. The molecule has 47 heavy (non-hydrogen) atoms. The lowest BCUT2D eigenvalue weighted by atomic mass is 9.98. The lowest BCUT2D eigenvalue weighted by Gasteiger charge is -2.22. The zero-order valence-electron chi connectivity index (χ0n) is 24.8. The number of primary amides is 2. The minimum absolute atomic E-state index is 0.0161. The first-order valence-corrected chi connectivity index (χ1v) is 14.1. The Labute approximate surface area is 266 Å². The van der Waals surface area contributed by atoms with Crippen LogP contribution in [0.2, 0.25) is 0 Å². The lowest BCUT2D eigenvalue weighted by molar-refractivity contribution is -0.192. The molecule has 3 rings (SSSR count). The summed E-state index contributed by atoms with van der Waals surface area (Å²) in [6.45, 7) is 0.309. The largest absolute Gasteiger partial charge is 0.490 e. The Balaban J connectivity index is 0.000000984. The molecule has 0 bridgehead atoms. The van der Waals surface area contributed by atoms with Crippen molar-refractivity contribution < 1.29 is 56.9 Å². The van der Waals surface area contributed by atoms with E-state index < -0.39 is 54.3 Å². The number of alkyl halides is 3. The Bertz CT molecular complexity index is 1390. The Morgan fingerprint density at radius 1 is 0.766 bits per heavy atom. The summed E-state index contributed by atoms with van der Waals surface area (Å²) in [6, 6.07) is 11.8. The smallest absolute Gasteiger partial charge is 0.480 e. The molecule has 0 fully saturated rings. The Morgan fingerprint density at radius 2 is 1.21 bits per heavy atom. The number of benzene rings is 2. The number of aliphatic carboxylic acids is 2. The quantitative estimate of drug-likeness (QED) is 0.137. The molecule has 0 spiro atoms. The molecule has 2 aromatic carbocycles. The summed E-state index contributed by atoms with van der Waals surface area (Å²) in [4.78, 5) is 68.2. The number of rotatable bonds is 14. The van der Waals surface area contributed by atoms with Gasteiger partial charge in [0.2, 0.25) is 5.91 Å². The second-order valence-electron chi connectivity index (χ2n) is 10.1. The molecule has 256 valence electrons. The van der Waals surface area contributed by atoms with Crippen LogP contribution in [0, 0.1) is 0 Å². The first kappa shape index (κ1) is 37.6. The summed E-state index contributed by atoms with van der Waals surface area (Å²) >= 11 is 0. The fraction of sp³-hybridized carbons (Fsp3) is 0.379. The van der Waals surface area contributed by atoms with Crippen LogP contribution in [-0.4, -0.2) is 84.2 Å². The van der Waals surface area contributed by atoms with E-state index in [0.29, 0.717) is 0 Å². The predicted octanol–water partition coefficient (Wildman–Crippen LogP) is 1.99. The molecule has 6 amide bonds. The van der Waals surface area contributed by atoms with Crippen molar-refractivity contribution in [1.29, 1.82) is 0 Å². The molecule has 0 saturated carbocycles. The van der Waals surface area contributed by atoms with E-state index in [2.05, 4.69) is 21.3 Å². The van der Waals surface area contributed by atoms with Gasteiger partial charge in [0.25, 0.3) is 0 Å². The van der Waals surface area contributed by atoms with Crippen LogP contribution in [0.15, 0.2) is 48.5 Å². The van der Waals surface area contributed by atoms with Crippen molar-refractivity contribution in [1.82, 2.24) is 21.3 Å². The predicted molar refractivity (Wildman–Crippen MR) is 159 cm³/mol. The van der Waals surface area contributed by atoms with Crippen molar-refractivity contribution in [3.8, 4) is 11.1 Å². The molecule has 0 aliphatic heterocycles. The van der Waals surface area contributed by atoms with Crippen LogP contribution in [0.1, 0.15) is 42.7 Å². The number of fused-ring (bicyclic) bond motifs is 3. The maximum Gasteiger partial charge on any atom is 0.490 e. The number of hydrogen-bond donors (Lipinski definition) is 8. The fourth-order valence-electron chi connectivity index (χ4n) is 4.62. The fourth-order valence-corrected chi connectivity index (χ4v) is 4.62. The first-order chi connectivity index (χ1) is 22.1. The molecule has 0 unspecified atom stereocenters. The number of ether oxygens (including phenoxy) is 1. The van der Waals surface area contributed by atoms with Gasteiger partial charge < -0.3 is 47.7 Å². The Hall–Kier alpha value is -5.55. The van der Waals surface area contributed by atoms with Gasteiger partial charge in [-0.05, 0) is 47.9 Å². The van der Waals surface area contributed by atoms with Crippen LogP contribution in [0.4, 0.5) is 27.6 Å². The number of nitrogens with two attached hydrogens (primary N) is 2. The van der Waals surface area contributed by atoms with Gasteiger partial charge >= 0.3 is 36.3 Å². The topological polar surface area (TPSA) is 252 Å². The van der Waals surface area contributed by atoms with Gasteiger partial charge in [0, 0.05) is 19.0 Å². The summed E-state index contributed by atoms with van der Waals surface area (Å²) in [7, 11) is 0. The number of nitrogens with one attached hydrogen (secondary N) is 4. The standard InChI is InChI=1S/C27H34N6O7.C2HF3O2/c28-25(37)30-13-5-11-21(23(34)32-22(24(35)36)12-6-14-31-26(29)38)33-27(39)40-15-20-18-9-3-1-7-16(18)17-8-2-4-10-19(17)20;3-2(4,5)1(6)7/h1-4,7-10,20-22H,5-6,11-15H2,(H,32,34)(H,33,39)(H,35,36)(H3,28,30,37)(H3,29,31,38);(H,6,7)/t21-,22-;/m1./s1. The number of carbonyl (C=O) groups is 6. The van der Waals surface area contributed by atoms with E-state index in [1.807, 2.05) is 48.5 Å². The molecule has 2 aromatic rings. The maximum absolute atomic E-state index is 13.0. The number of hydrogen-bond acceptors (Lipinski definition) is 7. The van der Waals surface area contributed by atoms with Gasteiger partial charge in [-0.15, -0.1) is 0 Å². The monoisotopic (exact) mass is 668 g/mol. The number of carboxylic acid groups (broad SMARTS) is 2. The molecule has 2 atom stereocenters. The number of halogens is 3. The van der Waals surface area contributed by atoms with E-state index in [1.54, 1.807) is 0 Å². The van der Waals surface area contributed by atoms with E-state index in [0.717, 1.165) is 22.3 Å². The first-order valence-electron chi connectivity index (χ1n) is 14.1. The minimum Gasteiger partial charge on any atom is -0.480 e. The van der Waals surface area contributed by atoms with Crippen LogP contribution in [-0.2, 0) is 19.1 Å². The van der Waals surface area contributed by atoms with Crippen LogP contribution in [0.3, 0.4) is 0 Å². The highest BCUT2D eigenvalue weighted by Crippen LogP contribution is 2.44. The number of carboxylic acids is 2. The van der Waals surface area contributed by atoms with Crippen molar-refractivity contribution >= 4 is 36.0 Å². The average molecular weight is 669 g/mol. The van der Waals surface area contributed by atoms with E-state index >= 15 is 0 Å². The second-order valence-corrected chi connectivity index (χ2v) is 10.1. The van der Waals surface area contributed by atoms with Gasteiger partial charge in [-0.3, -0.25) is 4.79 Å². The van der Waals surface area contributed by atoms with E-state index in [4.69, 9.17) is 26.1 Å². The SMILES string of the molecule is NC(=O)NCCC[C@@H](NC(=O)[C@@H](CCCNC(N)=O)NC(=O)OCC1c2ccccc2-c2ccccc21)C(=O)O.O=C(O)C(F)(F)F. The summed E-state index contributed by atoms with van der Waals surface area (Å²) in [5.41, 5.74) is 14.3. The van der Waals surface area contributed by atoms with Crippen LogP contribution >= 0.6 is 0 Å². The van der Waals surface area contributed by atoms with Crippen LogP contribution < -0.4 is 32.7 Å². The summed E-state index contributed by atoms with van der Waals surface area (Å²) < 4.78 is 37.3. The zero-order valence-corrected chi connectivity index (χ0v) is 24.8. The normalized spacial score (nSPS) is 12.9. The minimum atomic E-state index is -5.08. The third-order valence-electron chi connectivity index (χ3n) is 6.75. The lowest BCUT2D eigenvalue weighted by Crippen LogP contribution is -2.52. The maximum atomic E-state index is 13.0. The number of carbonyl (C=O) groups excluding carboxylic acids is 4. The molecule has 1 aliphatic carbocycles. The van der Waals surface area contributed by atoms with Gasteiger partial charge in [-0.2, -0.15) is 13.2 Å². The molecule has 0 radical (unpaired) electrons. The highest BCUT2D eigenvalue weighted by Gasteiger charge is 2.38. The Kier molecular flexibility index (Phi) is 14.3. The number of urea groups is 2.